The van der Waals surface area contributed by atoms with Crippen molar-refractivity contribution >= 4 is 21.9 Å². The van der Waals surface area contributed by atoms with E-state index in [-0.39, 0.29) is 12.3 Å². The molecule has 0 aliphatic carbocycles. The lowest BCUT2D eigenvalue weighted by Gasteiger charge is -2.04. The van der Waals surface area contributed by atoms with Crippen molar-refractivity contribution in [3.8, 4) is 11.5 Å². The van der Waals surface area contributed by atoms with Gasteiger partial charge in [-0.05, 0) is 46.5 Å². The fraction of sp³-hybridized carbons (Fsp3) is 0.357. The minimum Gasteiger partial charge on any atom is -0.481 e. The molecular formula is C14H15BrN2O3. The van der Waals surface area contributed by atoms with Crippen LogP contribution in [0.4, 0.5) is 0 Å². The van der Waals surface area contributed by atoms with Gasteiger partial charge in [-0.25, -0.2) is 0 Å². The average Bonchev–Trinajstić information content (AvgIpc) is 2.75. The summed E-state index contributed by atoms with van der Waals surface area (Å²) < 4.78 is 6.49. The molecule has 2 rings (SSSR count). The molecule has 2 aromatic rings. The second-order valence-corrected chi connectivity index (χ2v) is 5.75. The monoisotopic (exact) mass is 338 g/mol. The third-order valence-electron chi connectivity index (χ3n) is 2.87. The van der Waals surface area contributed by atoms with Crippen LogP contribution in [0.3, 0.4) is 0 Å². The van der Waals surface area contributed by atoms with Gasteiger partial charge in [0.05, 0.1) is 5.56 Å². The topological polar surface area (TPSA) is 76.2 Å². The molecule has 0 saturated heterocycles. The van der Waals surface area contributed by atoms with Crippen LogP contribution in [0, 0.1) is 12.8 Å². The van der Waals surface area contributed by atoms with Crippen molar-refractivity contribution in [2.24, 2.45) is 5.92 Å². The number of aliphatic carboxylic acids is 1. The number of halogens is 1. The van der Waals surface area contributed by atoms with Crippen LogP contribution >= 0.6 is 15.9 Å². The van der Waals surface area contributed by atoms with E-state index in [0.29, 0.717) is 18.2 Å². The summed E-state index contributed by atoms with van der Waals surface area (Å²) in [4.78, 5) is 10.6. The van der Waals surface area contributed by atoms with Crippen LogP contribution in [-0.4, -0.2) is 21.3 Å². The number of aryl methyl sites for hydroxylation is 1. The summed E-state index contributed by atoms with van der Waals surface area (Å²) in [7, 11) is 0. The van der Waals surface area contributed by atoms with Crippen molar-refractivity contribution in [3.63, 3.8) is 0 Å². The highest BCUT2D eigenvalue weighted by Crippen LogP contribution is 2.28. The predicted molar refractivity (Wildman–Crippen MR) is 77.3 cm³/mol. The number of nitrogens with zero attached hydrogens (tertiary/aromatic N) is 2. The molecule has 1 heterocycles. The number of benzene rings is 1. The summed E-state index contributed by atoms with van der Waals surface area (Å²) in [6, 6.07) is 5.86. The molecule has 0 aliphatic heterocycles. The maximum atomic E-state index is 10.6. The average molecular weight is 339 g/mol. The molecule has 106 valence electrons. The molecule has 1 atom stereocenters. The van der Waals surface area contributed by atoms with E-state index in [0.717, 1.165) is 15.6 Å². The SMILES string of the molecule is Cc1ccc(-c2nnc(CC(C)CC(=O)O)o2)c(Br)c1. The lowest BCUT2D eigenvalue weighted by molar-refractivity contribution is -0.137. The maximum Gasteiger partial charge on any atom is 0.303 e. The first kappa shape index (κ1) is 14.7. The molecule has 0 aliphatic rings. The molecule has 1 unspecified atom stereocenters. The lowest BCUT2D eigenvalue weighted by atomic mass is 10.0. The van der Waals surface area contributed by atoms with Crippen molar-refractivity contribution in [2.75, 3.05) is 0 Å². The molecule has 6 heteroatoms. The first-order chi connectivity index (χ1) is 9.45. The van der Waals surface area contributed by atoms with E-state index >= 15 is 0 Å². The number of carbonyl (C=O) groups is 1. The zero-order valence-electron chi connectivity index (χ0n) is 11.3. The molecule has 0 saturated carbocycles. The zero-order valence-corrected chi connectivity index (χ0v) is 12.8. The first-order valence-electron chi connectivity index (χ1n) is 6.26. The van der Waals surface area contributed by atoms with Crippen LogP contribution in [0.25, 0.3) is 11.5 Å². The van der Waals surface area contributed by atoms with E-state index < -0.39 is 5.97 Å². The smallest absolute Gasteiger partial charge is 0.303 e. The Kier molecular flexibility index (Phi) is 4.54. The maximum absolute atomic E-state index is 10.6. The van der Waals surface area contributed by atoms with Crippen molar-refractivity contribution in [3.05, 3.63) is 34.1 Å². The zero-order chi connectivity index (χ0) is 14.7. The minimum atomic E-state index is -0.821. The third-order valence-corrected chi connectivity index (χ3v) is 3.52. The Morgan fingerprint density at radius 1 is 1.45 bits per heavy atom. The summed E-state index contributed by atoms with van der Waals surface area (Å²) in [6.07, 6.45) is 0.550. The molecule has 1 aromatic heterocycles. The van der Waals surface area contributed by atoms with E-state index in [9.17, 15) is 4.79 Å². The van der Waals surface area contributed by atoms with Gasteiger partial charge in [0.15, 0.2) is 0 Å². The minimum absolute atomic E-state index is 0.0396. The number of hydrogen-bond acceptors (Lipinski definition) is 4. The second kappa shape index (κ2) is 6.17. The van der Waals surface area contributed by atoms with Crippen LogP contribution in [-0.2, 0) is 11.2 Å². The Hall–Kier alpha value is -1.69. The number of carboxylic acid groups (broad SMARTS) is 1. The van der Waals surface area contributed by atoms with Gasteiger partial charge in [0.1, 0.15) is 0 Å². The highest BCUT2D eigenvalue weighted by atomic mass is 79.9. The normalized spacial score (nSPS) is 12.3. The molecule has 1 aromatic carbocycles. The van der Waals surface area contributed by atoms with Crippen molar-refractivity contribution in [1.82, 2.24) is 10.2 Å². The number of carboxylic acids is 1. The standard InChI is InChI=1S/C14H15BrN2O3/c1-8-3-4-10(11(15)5-8)14-17-16-12(20-14)6-9(2)7-13(18)19/h3-5,9H,6-7H2,1-2H3,(H,18,19). The Labute approximate surface area is 125 Å². The van der Waals surface area contributed by atoms with E-state index in [2.05, 4.69) is 26.1 Å². The van der Waals surface area contributed by atoms with E-state index in [1.165, 1.54) is 0 Å². The fourth-order valence-electron chi connectivity index (χ4n) is 1.91. The predicted octanol–water partition coefficient (Wildman–Crippen LogP) is 3.46. The number of hydrogen-bond donors (Lipinski definition) is 1. The van der Waals surface area contributed by atoms with Gasteiger partial charge in [0.25, 0.3) is 0 Å². The lowest BCUT2D eigenvalue weighted by Crippen LogP contribution is -2.07. The number of aromatic nitrogens is 2. The van der Waals surface area contributed by atoms with Crippen molar-refractivity contribution < 1.29 is 14.3 Å². The van der Waals surface area contributed by atoms with Crippen LogP contribution in [0.1, 0.15) is 24.8 Å². The Morgan fingerprint density at radius 2 is 2.20 bits per heavy atom. The van der Waals surface area contributed by atoms with Crippen LogP contribution < -0.4 is 0 Å². The summed E-state index contributed by atoms with van der Waals surface area (Å²) in [5, 5.41) is 16.7. The molecule has 0 radical (unpaired) electrons. The summed E-state index contributed by atoms with van der Waals surface area (Å²) in [5.41, 5.74) is 1.97. The van der Waals surface area contributed by atoms with Gasteiger partial charge >= 0.3 is 5.97 Å². The van der Waals surface area contributed by atoms with Crippen molar-refractivity contribution in [2.45, 2.75) is 26.7 Å². The second-order valence-electron chi connectivity index (χ2n) is 4.89. The van der Waals surface area contributed by atoms with E-state index in [4.69, 9.17) is 9.52 Å². The highest BCUT2D eigenvalue weighted by molar-refractivity contribution is 9.10. The van der Waals surface area contributed by atoms with E-state index in [1.807, 2.05) is 32.0 Å². The third kappa shape index (κ3) is 3.66. The Bertz CT molecular complexity index is 625. The Morgan fingerprint density at radius 3 is 2.85 bits per heavy atom. The van der Waals surface area contributed by atoms with Crippen LogP contribution in [0.15, 0.2) is 27.1 Å². The largest absolute Gasteiger partial charge is 0.481 e. The number of rotatable bonds is 5. The molecule has 5 nitrogen and oxygen atoms in total. The molecule has 20 heavy (non-hydrogen) atoms. The molecule has 0 amide bonds. The molecule has 0 fully saturated rings. The molecule has 1 N–H and O–H groups in total. The Balaban J connectivity index is 2.14. The highest BCUT2D eigenvalue weighted by Gasteiger charge is 2.15. The van der Waals surface area contributed by atoms with Crippen LogP contribution in [0.5, 0.6) is 0 Å². The van der Waals surface area contributed by atoms with Gasteiger partial charge in [-0.3, -0.25) is 4.79 Å². The molecular weight excluding hydrogens is 324 g/mol. The first-order valence-corrected chi connectivity index (χ1v) is 7.05. The van der Waals surface area contributed by atoms with Gasteiger partial charge in [0.2, 0.25) is 11.8 Å². The van der Waals surface area contributed by atoms with Crippen molar-refractivity contribution in [1.29, 1.82) is 0 Å². The summed E-state index contributed by atoms with van der Waals surface area (Å²) in [6.45, 7) is 3.85. The van der Waals surface area contributed by atoms with E-state index in [1.54, 1.807) is 0 Å². The molecule has 0 bridgehead atoms. The molecule has 0 spiro atoms. The summed E-state index contributed by atoms with van der Waals surface area (Å²) >= 11 is 3.47. The van der Waals surface area contributed by atoms with Gasteiger partial charge in [-0.1, -0.05) is 13.0 Å². The van der Waals surface area contributed by atoms with Gasteiger partial charge < -0.3 is 9.52 Å². The van der Waals surface area contributed by atoms with Crippen LogP contribution in [0.2, 0.25) is 0 Å². The van der Waals surface area contributed by atoms with Gasteiger partial charge in [-0.15, -0.1) is 10.2 Å². The summed E-state index contributed by atoms with van der Waals surface area (Å²) in [5.74, 6) is 0.0383. The van der Waals surface area contributed by atoms with Gasteiger partial charge in [0, 0.05) is 17.3 Å². The fourth-order valence-corrected chi connectivity index (χ4v) is 2.57. The quantitative estimate of drug-likeness (QED) is 0.903. The van der Waals surface area contributed by atoms with Gasteiger partial charge in [-0.2, -0.15) is 0 Å².